The predicted molar refractivity (Wildman–Crippen MR) is 58.3 cm³/mol. The summed E-state index contributed by atoms with van der Waals surface area (Å²) in [6.45, 7) is 1.39. The van der Waals surface area contributed by atoms with E-state index in [-0.39, 0.29) is 0 Å². The molecule has 0 aliphatic heterocycles. The number of nitrogens with zero attached hydrogens (tertiary/aromatic N) is 1. The maximum Gasteiger partial charge on any atom is 0.416 e. The molecule has 1 unspecified atom stereocenters. The number of sulfone groups is 1. The van der Waals surface area contributed by atoms with Gasteiger partial charge in [0, 0.05) is 0 Å². The summed E-state index contributed by atoms with van der Waals surface area (Å²) in [4.78, 5) is -0.417. The van der Waals surface area contributed by atoms with E-state index in [1.807, 2.05) is 0 Å². The second kappa shape index (κ2) is 4.98. The zero-order valence-electron chi connectivity index (χ0n) is 9.40. The molecule has 1 aromatic rings. The largest absolute Gasteiger partial charge is 0.416 e. The SMILES string of the molecule is CC(C#N)CS(=O)(=O)c1cccc(C(F)(F)F)c1. The number of rotatable bonds is 3. The lowest BCUT2D eigenvalue weighted by Gasteiger charge is -2.09. The molecule has 0 saturated heterocycles. The molecular formula is C11H10F3NO2S. The second-order valence-corrected chi connectivity index (χ2v) is 5.87. The Morgan fingerprint density at radius 1 is 1.39 bits per heavy atom. The topological polar surface area (TPSA) is 57.9 Å². The summed E-state index contributed by atoms with van der Waals surface area (Å²) in [7, 11) is -3.88. The van der Waals surface area contributed by atoms with Crippen molar-refractivity contribution in [2.45, 2.75) is 18.0 Å². The van der Waals surface area contributed by atoms with E-state index < -0.39 is 38.1 Å². The first kappa shape index (κ1) is 14.5. The summed E-state index contributed by atoms with van der Waals surface area (Å²) in [5, 5.41) is 8.53. The average molecular weight is 277 g/mol. The van der Waals surface area contributed by atoms with Gasteiger partial charge in [-0.1, -0.05) is 6.07 Å². The first-order valence-corrected chi connectivity index (χ1v) is 6.61. The van der Waals surface area contributed by atoms with Crippen LogP contribution in [0.15, 0.2) is 29.2 Å². The van der Waals surface area contributed by atoms with Crippen molar-refractivity contribution in [3.8, 4) is 6.07 Å². The minimum Gasteiger partial charge on any atom is -0.224 e. The molecule has 0 aromatic heterocycles. The van der Waals surface area contributed by atoms with Crippen molar-refractivity contribution in [3.63, 3.8) is 0 Å². The Hall–Kier alpha value is -1.55. The van der Waals surface area contributed by atoms with Gasteiger partial charge in [-0.3, -0.25) is 0 Å². The number of halogens is 3. The van der Waals surface area contributed by atoms with Crippen LogP contribution in [0.1, 0.15) is 12.5 Å². The van der Waals surface area contributed by atoms with Gasteiger partial charge in [0.1, 0.15) is 0 Å². The second-order valence-electron chi connectivity index (χ2n) is 3.84. The Balaban J connectivity index is 3.16. The van der Waals surface area contributed by atoms with E-state index in [4.69, 9.17) is 5.26 Å². The Morgan fingerprint density at radius 3 is 2.50 bits per heavy atom. The van der Waals surface area contributed by atoms with E-state index in [1.165, 1.54) is 6.92 Å². The normalized spacial score (nSPS) is 13.9. The lowest BCUT2D eigenvalue weighted by atomic mass is 10.2. The number of benzene rings is 1. The number of nitriles is 1. The van der Waals surface area contributed by atoms with Gasteiger partial charge in [-0.05, 0) is 25.1 Å². The minimum absolute atomic E-state index is 0.417. The van der Waals surface area contributed by atoms with Crippen LogP contribution in [0, 0.1) is 17.2 Å². The van der Waals surface area contributed by atoms with E-state index in [0.717, 1.165) is 18.2 Å². The number of alkyl halides is 3. The van der Waals surface area contributed by atoms with Crippen LogP contribution in [-0.2, 0) is 16.0 Å². The van der Waals surface area contributed by atoms with Gasteiger partial charge < -0.3 is 0 Å². The third-order valence-electron chi connectivity index (χ3n) is 2.21. The molecule has 0 radical (unpaired) electrons. The van der Waals surface area contributed by atoms with E-state index in [9.17, 15) is 21.6 Å². The monoisotopic (exact) mass is 277 g/mol. The molecule has 0 aliphatic carbocycles. The molecule has 0 aliphatic rings. The molecule has 0 bridgehead atoms. The molecule has 0 amide bonds. The van der Waals surface area contributed by atoms with Crippen molar-refractivity contribution in [2.24, 2.45) is 5.92 Å². The van der Waals surface area contributed by atoms with E-state index in [2.05, 4.69) is 0 Å². The molecule has 0 spiro atoms. The summed E-state index contributed by atoms with van der Waals surface area (Å²) in [5.74, 6) is -1.27. The number of hydrogen-bond donors (Lipinski definition) is 0. The summed E-state index contributed by atoms with van der Waals surface area (Å²) < 4.78 is 60.8. The highest BCUT2D eigenvalue weighted by atomic mass is 32.2. The smallest absolute Gasteiger partial charge is 0.224 e. The van der Waals surface area contributed by atoms with Gasteiger partial charge >= 0.3 is 6.18 Å². The van der Waals surface area contributed by atoms with Crippen LogP contribution in [0.3, 0.4) is 0 Å². The highest BCUT2D eigenvalue weighted by Crippen LogP contribution is 2.30. The van der Waals surface area contributed by atoms with Crippen molar-refractivity contribution in [1.29, 1.82) is 5.26 Å². The van der Waals surface area contributed by atoms with Crippen LogP contribution in [0.4, 0.5) is 13.2 Å². The first-order chi connectivity index (χ1) is 8.16. The lowest BCUT2D eigenvalue weighted by Crippen LogP contribution is -2.14. The fourth-order valence-electron chi connectivity index (χ4n) is 1.33. The van der Waals surface area contributed by atoms with Crippen molar-refractivity contribution >= 4 is 9.84 Å². The Kier molecular flexibility index (Phi) is 4.02. The van der Waals surface area contributed by atoms with Gasteiger partial charge in [-0.25, -0.2) is 8.42 Å². The molecular weight excluding hydrogens is 267 g/mol. The third-order valence-corrected chi connectivity index (χ3v) is 4.12. The van der Waals surface area contributed by atoms with Gasteiger partial charge in [0.25, 0.3) is 0 Å². The Bertz CT molecular complexity index is 573. The molecule has 1 aromatic carbocycles. The minimum atomic E-state index is -4.59. The molecule has 1 atom stereocenters. The van der Waals surface area contributed by atoms with Gasteiger partial charge in [0.15, 0.2) is 9.84 Å². The summed E-state index contributed by atoms with van der Waals surface area (Å²) >= 11 is 0. The van der Waals surface area contributed by atoms with E-state index in [1.54, 1.807) is 6.07 Å². The van der Waals surface area contributed by atoms with Crippen molar-refractivity contribution in [1.82, 2.24) is 0 Å². The van der Waals surface area contributed by atoms with Crippen LogP contribution in [0.25, 0.3) is 0 Å². The quantitative estimate of drug-likeness (QED) is 0.853. The standard InChI is InChI=1S/C11H10F3NO2S/c1-8(6-15)7-18(16,17)10-4-2-3-9(5-10)11(12,13)14/h2-5,8H,7H2,1H3. The number of hydrogen-bond acceptors (Lipinski definition) is 3. The molecule has 0 N–H and O–H groups in total. The summed E-state index contributed by atoms with van der Waals surface area (Å²) in [6.07, 6.45) is -4.59. The van der Waals surface area contributed by atoms with Crippen molar-refractivity contribution in [2.75, 3.05) is 5.75 Å². The van der Waals surface area contributed by atoms with Gasteiger partial charge in [0.2, 0.25) is 0 Å². The summed E-state index contributed by atoms with van der Waals surface area (Å²) in [6, 6.07) is 5.24. The Morgan fingerprint density at radius 2 is 2.00 bits per heavy atom. The fraction of sp³-hybridized carbons (Fsp3) is 0.364. The first-order valence-electron chi connectivity index (χ1n) is 4.96. The molecule has 18 heavy (non-hydrogen) atoms. The van der Waals surface area contributed by atoms with Gasteiger partial charge in [-0.2, -0.15) is 18.4 Å². The maximum atomic E-state index is 12.4. The molecule has 3 nitrogen and oxygen atoms in total. The third kappa shape index (κ3) is 3.47. The van der Waals surface area contributed by atoms with Crippen LogP contribution >= 0.6 is 0 Å². The van der Waals surface area contributed by atoms with Gasteiger partial charge in [-0.15, -0.1) is 0 Å². The average Bonchev–Trinajstić information content (AvgIpc) is 2.27. The van der Waals surface area contributed by atoms with E-state index in [0.29, 0.717) is 6.07 Å². The highest BCUT2D eigenvalue weighted by molar-refractivity contribution is 7.91. The Labute approximate surface area is 103 Å². The van der Waals surface area contributed by atoms with Crippen LogP contribution < -0.4 is 0 Å². The molecule has 98 valence electrons. The maximum absolute atomic E-state index is 12.4. The zero-order valence-corrected chi connectivity index (χ0v) is 10.2. The van der Waals surface area contributed by atoms with Crippen molar-refractivity contribution < 1.29 is 21.6 Å². The molecule has 7 heteroatoms. The van der Waals surface area contributed by atoms with E-state index >= 15 is 0 Å². The van der Waals surface area contributed by atoms with Gasteiger partial charge in [0.05, 0.1) is 28.2 Å². The van der Waals surface area contributed by atoms with Crippen molar-refractivity contribution in [3.05, 3.63) is 29.8 Å². The van der Waals surface area contributed by atoms with Crippen LogP contribution in [0.5, 0.6) is 0 Å². The molecule has 1 rings (SSSR count). The zero-order chi connectivity index (χ0) is 14.0. The highest BCUT2D eigenvalue weighted by Gasteiger charge is 2.31. The van der Waals surface area contributed by atoms with Crippen LogP contribution in [-0.4, -0.2) is 14.2 Å². The van der Waals surface area contributed by atoms with Crippen LogP contribution in [0.2, 0.25) is 0 Å². The molecule has 0 fully saturated rings. The predicted octanol–water partition coefficient (Wildman–Crippen LogP) is 2.64. The fourth-order valence-corrected chi connectivity index (χ4v) is 2.85. The molecule has 0 saturated carbocycles. The summed E-state index contributed by atoms with van der Waals surface area (Å²) in [5.41, 5.74) is -1.02. The lowest BCUT2D eigenvalue weighted by molar-refractivity contribution is -0.137. The molecule has 0 heterocycles.